The van der Waals surface area contributed by atoms with E-state index in [1.54, 1.807) is 12.3 Å². The molecule has 0 aliphatic heterocycles. The molecule has 0 aliphatic carbocycles. The topological polar surface area (TPSA) is 85.3 Å². The monoisotopic (exact) mass is 381 g/mol. The molecule has 5 aromatic rings. The van der Waals surface area contributed by atoms with Crippen LogP contribution >= 0.6 is 0 Å². The summed E-state index contributed by atoms with van der Waals surface area (Å²) < 4.78 is 7.15. The normalized spacial score (nSPS) is 10.9. The lowest BCUT2D eigenvalue weighted by atomic mass is 10.1. The van der Waals surface area contributed by atoms with Gasteiger partial charge in [-0.3, -0.25) is 9.20 Å². The fraction of sp³-hybridized carbons (Fsp3) is 0. The second kappa shape index (κ2) is 7.05. The largest absolute Gasteiger partial charge is 0.355 e. The minimum atomic E-state index is -0.333. The van der Waals surface area contributed by atoms with Gasteiger partial charge < -0.3 is 9.84 Å². The first-order valence-electron chi connectivity index (χ1n) is 9.00. The summed E-state index contributed by atoms with van der Waals surface area (Å²) in [6.45, 7) is 0. The van der Waals surface area contributed by atoms with E-state index in [-0.39, 0.29) is 11.6 Å². The fourth-order valence-corrected chi connectivity index (χ4v) is 3.01. The van der Waals surface area contributed by atoms with E-state index in [9.17, 15) is 4.79 Å². The third kappa shape index (κ3) is 3.37. The summed E-state index contributed by atoms with van der Waals surface area (Å²) in [5.41, 5.74) is 3.49. The van der Waals surface area contributed by atoms with Gasteiger partial charge in [-0.15, -0.1) is 0 Å². The highest BCUT2D eigenvalue weighted by Gasteiger charge is 2.14. The molecule has 0 saturated heterocycles. The molecule has 29 heavy (non-hydrogen) atoms. The standard InChI is InChI=1S/C22H15N5O2/c28-21(18-13-20(29-26-18)16-5-2-1-3-6-16)24-17-9-7-15(8-10-17)19-14-27-12-4-11-23-22(27)25-19/h1-14H,(H,24,28). The molecule has 7 nitrogen and oxygen atoms in total. The van der Waals surface area contributed by atoms with Crippen LogP contribution in [-0.2, 0) is 0 Å². The van der Waals surface area contributed by atoms with E-state index >= 15 is 0 Å². The number of hydrogen-bond donors (Lipinski definition) is 1. The highest BCUT2D eigenvalue weighted by molar-refractivity contribution is 6.03. The molecule has 0 atom stereocenters. The molecule has 0 spiro atoms. The van der Waals surface area contributed by atoms with Crippen LogP contribution in [0.2, 0.25) is 0 Å². The molecule has 140 valence electrons. The lowest BCUT2D eigenvalue weighted by Gasteiger charge is -2.03. The molecule has 2 aromatic carbocycles. The van der Waals surface area contributed by atoms with Crippen LogP contribution in [0, 0.1) is 0 Å². The summed E-state index contributed by atoms with van der Waals surface area (Å²) in [7, 11) is 0. The summed E-state index contributed by atoms with van der Waals surface area (Å²) in [6, 6.07) is 20.4. The predicted octanol–water partition coefficient (Wildman–Crippen LogP) is 4.30. The van der Waals surface area contributed by atoms with Crippen molar-refractivity contribution in [3.63, 3.8) is 0 Å². The van der Waals surface area contributed by atoms with Crippen molar-refractivity contribution in [3.05, 3.63) is 91.0 Å². The Morgan fingerprint density at radius 3 is 2.59 bits per heavy atom. The van der Waals surface area contributed by atoms with Crippen molar-refractivity contribution >= 4 is 17.4 Å². The molecule has 1 amide bonds. The number of carbonyl (C=O) groups excluding carboxylic acids is 1. The number of nitrogens with zero attached hydrogens (tertiary/aromatic N) is 4. The maximum Gasteiger partial charge on any atom is 0.277 e. The maximum absolute atomic E-state index is 12.5. The van der Waals surface area contributed by atoms with Gasteiger partial charge in [-0.1, -0.05) is 47.6 Å². The number of amides is 1. The van der Waals surface area contributed by atoms with Gasteiger partial charge in [-0.05, 0) is 18.2 Å². The number of anilines is 1. The Morgan fingerprint density at radius 2 is 1.79 bits per heavy atom. The molecule has 0 fully saturated rings. The molecule has 3 aromatic heterocycles. The van der Waals surface area contributed by atoms with E-state index < -0.39 is 0 Å². The minimum absolute atomic E-state index is 0.222. The van der Waals surface area contributed by atoms with E-state index in [1.807, 2.05) is 77.5 Å². The van der Waals surface area contributed by atoms with E-state index in [0.717, 1.165) is 16.8 Å². The van der Waals surface area contributed by atoms with Crippen molar-refractivity contribution in [1.82, 2.24) is 19.5 Å². The third-order valence-electron chi connectivity index (χ3n) is 4.48. The summed E-state index contributed by atoms with van der Waals surface area (Å²) in [4.78, 5) is 21.2. The van der Waals surface area contributed by atoms with Crippen LogP contribution in [0.25, 0.3) is 28.4 Å². The lowest BCUT2D eigenvalue weighted by Crippen LogP contribution is -2.11. The highest BCUT2D eigenvalue weighted by atomic mass is 16.5. The van der Waals surface area contributed by atoms with E-state index in [0.29, 0.717) is 17.2 Å². The van der Waals surface area contributed by atoms with Crippen LogP contribution in [0.1, 0.15) is 10.5 Å². The van der Waals surface area contributed by atoms with Crippen molar-refractivity contribution < 1.29 is 9.32 Å². The number of rotatable bonds is 4. The minimum Gasteiger partial charge on any atom is -0.355 e. The number of nitrogens with one attached hydrogen (secondary N) is 1. The third-order valence-corrected chi connectivity index (χ3v) is 4.48. The number of hydrogen-bond acceptors (Lipinski definition) is 5. The Kier molecular flexibility index (Phi) is 4.10. The number of fused-ring (bicyclic) bond motifs is 1. The SMILES string of the molecule is O=C(Nc1ccc(-c2cn3cccnc3n2)cc1)c1cc(-c2ccccc2)on1. The van der Waals surface area contributed by atoms with Crippen molar-refractivity contribution in [1.29, 1.82) is 0 Å². The van der Waals surface area contributed by atoms with Gasteiger partial charge in [-0.2, -0.15) is 0 Å². The van der Waals surface area contributed by atoms with Gasteiger partial charge in [-0.25, -0.2) is 9.97 Å². The molecule has 3 heterocycles. The molecule has 0 unspecified atom stereocenters. The molecule has 7 heteroatoms. The number of carbonyl (C=O) groups is 1. The van der Waals surface area contributed by atoms with Gasteiger partial charge in [0.15, 0.2) is 11.5 Å². The predicted molar refractivity (Wildman–Crippen MR) is 108 cm³/mol. The second-order valence-electron chi connectivity index (χ2n) is 6.43. The van der Waals surface area contributed by atoms with Gasteiger partial charge in [0.25, 0.3) is 5.91 Å². The Bertz CT molecular complexity index is 1260. The Labute approximate surface area is 165 Å². The number of benzene rings is 2. The molecular weight excluding hydrogens is 366 g/mol. The number of imidazole rings is 1. The quantitative estimate of drug-likeness (QED) is 0.502. The van der Waals surface area contributed by atoms with Gasteiger partial charge in [0.05, 0.1) is 5.69 Å². The van der Waals surface area contributed by atoms with E-state index in [2.05, 4.69) is 20.4 Å². The molecule has 1 N–H and O–H groups in total. The Hall–Kier alpha value is -4.26. The Balaban J connectivity index is 1.32. The fourth-order valence-electron chi connectivity index (χ4n) is 3.01. The smallest absolute Gasteiger partial charge is 0.277 e. The van der Waals surface area contributed by atoms with Crippen molar-refractivity contribution in [2.45, 2.75) is 0 Å². The second-order valence-corrected chi connectivity index (χ2v) is 6.43. The number of aromatic nitrogens is 4. The molecule has 0 radical (unpaired) electrons. The summed E-state index contributed by atoms with van der Waals surface area (Å²) in [5, 5.41) is 6.70. The Morgan fingerprint density at radius 1 is 0.966 bits per heavy atom. The van der Waals surface area contributed by atoms with Crippen LogP contribution in [0.3, 0.4) is 0 Å². The zero-order chi connectivity index (χ0) is 19.6. The highest BCUT2D eigenvalue weighted by Crippen LogP contribution is 2.22. The zero-order valence-corrected chi connectivity index (χ0v) is 15.2. The molecule has 0 aliphatic rings. The molecule has 0 bridgehead atoms. The van der Waals surface area contributed by atoms with Crippen LogP contribution in [0.15, 0.2) is 89.8 Å². The van der Waals surface area contributed by atoms with Crippen LogP contribution in [0.4, 0.5) is 5.69 Å². The van der Waals surface area contributed by atoms with Crippen LogP contribution in [-0.4, -0.2) is 25.4 Å². The van der Waals surface area contributed by atoms with E-state index in [4.69, 9.17) is 4.52 Å². The first-order valence-corrected chi connectivity index (χ1v) is 9.00. The molecule has 0 saturated carbocycles. The zero-order valence-electron chi connectivity index (χ0n) is 15.2. The summed E-state index contributed by atoms with van der Waals surface area (Å²) in [5.74, 6) is 0.854. The van der Waals surface area contributed by atoms with Crippen molar-refractivity contribution in [3.8, 4) is 22.6 Å². The van der Waals surface area contributed by atoms with Gasteiger partial charge in [0.2, 0.25) is 5.78 Å². The van der Waals surface area contributed by atoms with E-state index in [1.165, 1.54) is 0 Å². The van der Waals surface area contributed by atoms with Crippen LogP contribution < -0.4 is 5.32 Å². The van der Waals surface area contributed by atoms with Gasteiger partial charge >= 0.3 is 0 Å². The van der Waals surface area contributed by atoms with Gasteiger partial charge in [0.1, 0.15) is 0 Å². The average molecular weight is 381 g/mol. The molecular formula is C22H15N5O2. The first kappa shape index (κ1) is 16.9. The van der Waals surface area contributed by atoms with Crippen molar-refractivity contribution in [2.24, 2.45) is 0 Å². The first-order chi connectivity index (χ1) is 14.3. The van der Waals surface area contributed by atoms with Gasteiger partial charge in [0, 0.05) is 41.5 Å². The van der Waals surface area contributed by atoms with Crippen LogP contribution in [0.5, 0.6) is 0 Å². The molecule has 5 rings (SSSR count). The average Bonchev–Trinajstić information content (AvgIpc) is 3.42. The maximum atomic E-state index is 12.5. The summed E-state index contributed by atoms with van der Waals surface area (Å²) >= 11 is 0. The van der Waals surface area contributed by atoms with Crippen molar-refractivity contribution in [2.75, 3.05) is 5.32 Å². The summed E-state index contributed by atoms with van der Waals surface area (Å²) in [6.07, 6.45) is 5.52. The lowest BCUT2D eigenvalue weighted by molar-refractivity contribution is 0.101.